The van der Waals surface area contributed by atoms with Gasteiger partial charge in [0, 0.05) is 39.1 Å². The number of aromatic nitrogens is 2. The highest BCUT2D eigenvalue weighted by Crippen LogP contribution is 2.43. The summed E-state index contributed by atoms with van der Waals surface area (Å²) in [5, 5.41) is 6.37. The molecule has 8 aromatic rings. The smallest absolute Gasteiger partial charge is 0.0641 e. The van der Waals surface area contributed by atoms with Crippen LogP contribution in [0.3, 0.4) is 0 Å². The molecule has 8 rings (SSSR count). The second-order valence-corrected chi connectivity index (χ2v) is 10.3. The number of hydrogen-bond donors (Lipinski definition) is 0. The summed E-state index contributed by atoms with van der Waals surface area (Å²) in [6.07, 6.45) is 2.23. The van der Waals surface area contributed by atoms with Crippen molar-refractivity contribution < 1.29 is 0 Å². The van der Waals surface area contributed by atoms with E-state index in [-0.39, 0.29) is 0 Å². The number of rotatable bonds is 3. The molecule has 0 atom stereocenters. The van der Waals surface area contributed by atoms with Crippen LogP contribution in [0.25, 0.3) is 66.0 Å². The zero-order chi connectivity index (χ0) is 25.9. The molecule has 0 fully saturated rings. The molecule has 0 aliphatic heterocycles. The molecule has 184 valence electrons. The van der Waals surface area contributed by atoms with E-state index in [9.17, 15) is 0 Å². The fourth-order valence-electron chi connectivity index (χ4n) is 6.18. The van der Waals surface area contributed by atoms with Crippen LogP contribution in [0.15, 0.2) is 140 Å². The van der Waals surface area contributed by atoms with Gasteiger partial charge in [-0.2, -0.15) is 0 Å². The van der Waals surface area contributed by atoms with Gasteiger partial charge in [-0.15, -0.1) is 0 Å². The first-order valence-electron chi connectivity index (χ1n) is 13.5. The van der Waals surface area contributed by atoms with Crippen molar-refractivity contribution in [1.29, 1.82) is 0 Å². The predicted octanol–water partition coefficient (Wildman–Crippen LogP) is 9.86. The Kier molecular flexibility index (Phi) is 4.77. The van der Waals surface area contributed by atoms with Gasteiger partial charge in [0.25, 0.3) is 0 Å². The molecule has 0 radical (unpaired) electrons. The summed E-state index contributed by atoms with van der Waals surface area (Å²) in [6, 6.07) is 48.3. The normalized spacial score (nSPS) is 11.7. The third-order valence-corrected chi connectivity index (χ3v) is 8.01. The number of para-hydroxylation sites is 2. The van der Waals surface area contributed by atoms with Gasteiger partial charge in [-0.25, -0.2) is 0 Å². The molecule has 0 aliphatic rings. The Morgan fingerprint density at radius 3 is 1.77 bits per heavy atom. The quantitative estimate of drug-likeness (QED) is 0.229. The fraction of sp³-hybridized carbons (Fsp3) is 0.0270. The molecule has 0 unspecified atom stereocenters. The summed E-state index contributed by atoms with van der Waals surface area (Å²) in [5.74, 6) is 0. The van der Waals surface area contributed by atoms with Crippen LogP contribution in [0.5, 0.6) is 0 Å². The summed E-state index contributed by atoms with van der Waals surface area (Å²) in [7, 11) is 0. The summed E-state index contributed by atoms with van der Waals surface area (Å²) < 4.78 is 4.80. The molecule has 0 N–H and O–H groups in total. The Balaban J connectivity index is 1.47. The van der Waals surface area contributed by atoms with Crippen LogP contribution >= 0.6 is 0 Å². The minimum atomic E-state index is 1.16. The maximum atomic E-state index is 2.43. The van der Waals surface area contributed by atoms with Crippen molar-refractivity contribution in [3.8, 4) is 22.5 Å². The lowest BCUT2D eigenvalue weighted by Crippen LogP contribution is -1.96. The third-order valence-electron chi connectivity index (χ3n) is 8.01. The molecular weight excluding hydrogens is 472 g/mol. The van der Waals surface area contributed by atoms with Crippen LogP contribution in [0.4, 0.5) is 0 Å². The Morgan fingerprint density at radius 2 is 1.03 bits per heavy atom. The van der Waals surface area contributed by atoms with Crippen molar-refractivity contribution >= 4 is 43.5 Å². The highest BCUT2D eigenvalue weighted by atomic mass is 15.0. The molecule has 0 bridgehead atoms. The zero-order valence-corrected chi connectivity index (χ0v) is 21.7. The molecule has 39 heavy (non-hydrogen) atoms. The van der Waals surface area contributed by atoms with Gasteiger partial charge in [-0.3, -0.25) is 0 Å². The Labute approximate surface area is 227 Å². The van der Waals surface area contributed by atoms with E-state index in [0.717, 1.165) is 5.69 Å². The van der Waals surface area contributed by atoms with Crippen LogP contribution in [0, 0.1) is 6.92 Å². The van der Waals surface area contributed by atoms with Crippen molar-refractivity contribution in [3.05, 3.63) is 145 Å². The van der Waals surface area contributed by atoms with Gasteiger partial charge >= 0.3 is 0 Å². The summed E-state index contributed by atoms with van der Waals surface area (Å²) in [4.78, 5) is 0. The lowest BCUT2D eigenvalue weighted by Gasteiger charge is -2.13. The monoisotopic (exact) mass is 498 g/mol. The highest BCUT2D eigenvalue weighted by Gasteiger charge is 2.21. The first-order valence-corrected chi connectivity index (χ1v) is 13.5. The molecule has 2 heterocycles. The second kappa shape index (κ2) is 8.47. The first kappa shape index (κ1) is 22.0. The number of benzene rings is 6. The third kappa shape index (κ3) is 3.28. The molecule has 2 heteroatoms. The van der Waals surface area contributed by atoms with Crippen LogP contribution in [-0.4, -0.2) is 9.13 Å². The van der Waals surface area contributed by atoms with Crippen LogP contribution < -0.4 is 0 Å². The average Bonchev–Trinajstić information content (AvgIpc) is 3.58. The molecular formula is C37H26N2. The molecule has 0 spiro atoms. The van der Waals surface area contributed by atoms with E-state index in [2.05, 4.69) is 156 Å². The SMILES string of the molecule is Cc1ccc(-c2ccc(-n3ccc4c5ccccc5c5c(c6ccccc6n5-c5ccccc5)c43)cc2)cc1. The maximum absolute atomic E-state index is 2.43. The van der Waals surface area contributed by atoms with Gasteiger partial charge in [0.1, 0.15) is 0 Å². The number of hydrogen-bond acceptors (Lipinski definition) is 0. The number of nitrogens with zero attached hydrogens (tertiary/aromatic N) is 2. The van der Waals surface area contributed by atoms with E-state index in [4.69, 9.17) is 0 Å². The van der Waals surface area contributed by atoms with Gasteiger partial charge in [0.2, 0.25) is 0 Å². The van der Waals surface area contributed by atoms with Gasteiger partial charge in [0.15, 0.2) is 0 Å². The van der Waals surface area contributed by atoms with Gasteiger partial charge in [-0.05, 0) is 59.8 Å². The molecule has 0 saturated heterocycles. The van der Waals surface area contributed by atoms with Crippen molar-refractivity contribution in [1.82, 2.24) is 9.13 Å². The van der Waals surface area contributed by atoms with E-state index in [1.165, 1.54) is 65.9 Å². The number of aryl methyl sites for hydroxylation is 1. The van der Waals surface area contributed by atoms with Crippen LogP contribution in [0.2, 0.25) is 0 Å². The van der Waals surface area contributed by atoms with Crippen molar-refractivity contribution in [2.75, 3.05) is 0 Å². The number of fused-ring (bicyclic) bond motifs is 8. The van der Waals surface area contributed by atoms with Gasteiger partial charge in [0.05, 0.1) is 16.6 Å². The molecule has 0 aliphatic carbocycles. The molecule has 6 aromatic carbocycles. The Morgan fingerprint density at radius 1 is 0.436 bits per heavy atom. The van der Waals surface area contributed by atoms with Crippen molar-refractivity contribution in [2.24, 2.45) is 0 Å². The van der Waals surface area contributed by atoms with Crippen LogP contribution in [-0.2, 0) is 0 Å². The van der Waals surface area contributed by atoms with E-state index in [1.807, 2.05) is 0 Å². The molecule has 0 saturated carbocycles. The Bertz CT molecular complexity index is 2140. The fourth-order valence-corrected chi connectivity index (χ4v) is 6.18. The molecule has 2 aromatic heterocycles. The highest BCUT2D eigenvalue weighted by molar-refractivity contribution is 6.31. The molecule has 2 nitrogen and oxygen atoms in total. The van der Waals surface area contributed by atoms with Crippen molar-refractivity contribution in [2.45, 2.75) is 6.92 Å². The van der Waals surface area contributed by atoms with E-state index < -0.39 is 0 Å². The summed E-state index contributed by atoms with van der Waals surface area (Å²) >= 11 is 0. The van der Waals surface area contributed by atoms with E-state index in [1.54, 1.807) is 0 Å². The first-order chi connectivity index (χ1) is 19.3. The summed E-state index contributed by atoms with van der Waals surface area (Å²) in [6.45, 7) is 2.13. The lowest BCUT2D eigenvalue weighted by molar-refractivity contribution is 1.13. The van der Waals surface area contributed by atoms with Gasteiger partial charge < -0.3 is 9.13 Å². The lowest BCUT2D eigenvalue weighted by atomic mass is 10.0. The van der Waals surface area contributed by atoms with Gasteiger partial charge in [-0.1, -0.05) is 103 Å². The standard InChI is InChI=1S/C37H26N2/c1-25-15-17-26(18-16-25)27-19-21-28(22-20-27)38-24-23-32-30-11-5-6-12-31(30)37-35(36(32)38)33-13-7-8-14-34(33)39(37)29-9-3-2-4-10-29/h2-24H,1H3. The maximum Gasteiger partial charge on any atom is 0.0641 e. The molecule has 0 amide bonds. The zero-order valence-electron chi connectivity index (χ0n) is 21.7. The topological polar surface area (TPSA) is 9.86 Å². The Hall–Kier alpha value is -5.08. The minimum Gasteiger partial charge on any atom is -0.316 e. The minimum absolute atomic E-state index is 1.16. The largest absolute Gasteiger partial charge is 0.316 e. The van der Waals surface area contributed by atoms with E-state index in [0.29, 0.717) is 0 Å². The van der Waals surface area contributed by atoms with Crippen molar-refractivity contribution in [3.63, 3.8) is 0 Å². The van der Waals surface area contributed by atoms with Crippen LogP contribution in [0.1, 0.15) is 5.56 Å². The second-order valence-electron chi connectivity index (χ2n) is 10.3. The summed E-state index contributed by atoms with van der Waals surface area (Å²) in [5.41, 5.74) is 9.80. The van der Waals surface area contributed by atoms with E-state index >= 15 is 0 Å². The average molecular weight is 499 g/mol. The predicted molar refractivity (Wildman–Crippen MR) is 165 cm³/mol.